The molecule has 0 saturated carbocycles. The summed E-state index contributed by atoms with van der Waals surface area (Å²) in [5, 5.41) is 0. The zero-order chi connectivity index (χ0) is 25.7. The first kappa shape index (κ1) is 24.0. The van der Waals surface area contributed by atoms with Crippen LogP contribution in [0.5, 0.6) is 17.2 Å². The number of fused-ring (bicyclic) bond motifs is 4. The highest BCUT2D eigenvalue weighted by Crippen LogP contribution is 2.56. The smallest absolute Gasteiger partial charge is 0.494 e. The second-order valence-electron chi connectivity index (χ2n) is 9.64. The lowest BCUT2D eigenvalue weighted by Gasteiger charge is -2.43. The molecule has 0 saturated heterocycles. The van der Waals surface area contributed by atoms with Gasteiger partial charge < -0.3 is 19.1 Å². The summed E-state index contributed by atoms with van der Waals surface area (Å²) >= 11 is 0. The fourth-order valence-corrected chi connectivity index (χ4v) is 5.40. The summed E-state index contributed by atoms with van der Waals surface area (Å²) in [5.74, 6) is 0.771. The minimum Gasteiger partial charge on any atom is -0.494 e. The van der Waals surface area contributed by atoms with Crippen molar-refractivity contribution in [3.05, 3.63) is 83.4 Å². The van der Waals surface area contributed by atoms with Crippen LogP contribution in [-0.4, -0.2) is 24.5 Å². The molecule has 0 N–H and O–H groups in total. The first-order valence-electron chi connectivity index (χ1n) is 11.7. The van der Waals surface area contributed by atoms with Crippen LogP contribution in [0.2, 0.25) is 0 Å². The molecule has 1 atom stereocenters. The largest absolute Gasteiger partial charge is 0.573 e. The Morgan fingerprint density at radius 2 is 1.75 bits per heavy atom. The van der Waals surface area contributed by atoms with E-state index in [2.05, 4.69) is 4.74 Å². The Morgan fingerprint density at radius 1 is 0.972 bits per heavy atom. The molecule has 0 unspecified atom stereocenters. The number of benzene rings is 3. The summed E-state index contributed by atoms with van der Waals surface area (Å²) in [6, 6.07) is 18.8. The maximum absolute atomic E-state index is 14.3. The van der Waals surface area contributed by atoms with Crippen molar-refractivity contribution in [3.63, 3.8) is 0 Å². The summed E-state index contributed by atoms with van der Waals surface area (Å²) in [6.07, 6.45) is -4.39. The van der Waals surface area contributed by atoms with Gasteiger partial charge in [0.25, 0.3) is 0 Å². The molecular formula is C28H26F3NO4. The Morgan fingerprint density at radius 3 is 2.50 bits per heavy atom. The van der Waals surface area contributed by atoms with E-state index >= 15 is 0 Å². The molecule has 2 heterocycles. The number of ether oxygens (including phenoxy) is 3. The molecule has 0 aliphatic carbocycles. The molecule has 8 heteroatoms. The van der Waals surface area contributed by atoms with Gasteiger partial charge in [-0.3, -0.25) is 4.79 Å². The zero-order valence-electron chi connectivity index (χ0n) is 20.2. The maximum Gasteiger partial charge on any atom is 0.573 e. The van der Waals surface area contributed by atoms with Crippen molar-refractivity contribution in [2.24, 2.45) is 0 Å². The molecule has 2 aliphatic rings. The quantitative estimate of drug-likeness (QED) is 0.411. The third kappa shape index (κ3) is 4.14. The van der Waals surface area contributed by atoms with Crippen LogP contribution in [-0.2, 0) is 16.8 Å². The molecule has 0 radical (unpaired) electrons. The second-order valence-corrected chi connectivity index (χ2v) is 9.64. The number of carbonyl (C=O) groups excluding carboxylic acids is 1. The van der Waals surface area contributed by atoms with Gasteiger partial charge in [-0.2, -0.15) is 0 Å². The van der Waals surface area contributed by atoms with Crippen LogP contribution in [0, 0.1) is 0 Å². The van der Waals surface area contributed by atoms with Crippen molar-refractivity contribution in [1.29, 1.82) is 0 Å². The predicted octanol–water partition coefficient (Wildman–Crippen LogP) is 6.38. The maximum atomic E-state index is 14.3. The van der Waals surface area contributed by atoms with E-state index in [9.17, 15) is 18.0 Å². The number of para-hydroxylation sites is 1. The molecule has 5 rings (SSSR count). The number of hydrogen-bond acceptors (Lipinski definition) is 4. The molecule has 5 nitrogen and oxygen atoms in total. The molecule has 0 bridgehead atoms. The van der Waals surface area contributed by atoms with E-state index in [1.165, 1.54) is 18.2 Å². The number of halogens is 3. The molecule has 0 fully saturated rings. The Labute approximate surface area is 207 Å². The fraction of sp³-hybridized carbons (Fsp3) is 0.321. The minimum atomic E-state index is -4.80. The number of anilines is 1. The van der Waals surface area contributed by atoms with Gasteiger partial charge in [0.2, 0.25) is 5.91 Å². The molecule has 1 amide bonds. The molecule has 0 aromatic heterocycles. The van der Waals surface area contributed by atoms with Crippen LogP contribution in [0.1, 0.15) is 43.9 Å². The standard InChI is InChI=1S/C28H26F3NO4/c1-4-34-19-12-13-22-24(15-19)36-26(2,3)17-27(22)21-10-5-6-11-23(21)32(25(27)33)16-18-8-7-9-20(14-18)35-28(29,30)31/h5-15H,4,16-17H2,1-3H3/t27-/m1/s1. The minimum absolute atomic E-state index is 0.0975. The lowest BCUT2D eigenvalue weighted by molar-refractivity contribution is -0.274. The molecular weight excluding hydrogens is 471 g/mol. The molecule has 188 valence electrons. The first-order valence-corrected chi connectivity index (χ1v) is 11.7. The summed E-state index contributed by atoms with van der Waals surface area (Å²) in [6.45, 7) is 6.39. The van der Waals surface area contributed by atoms with Crippen molar-refractivity contribution in [2.75, 3.05) is 11.5 Å². The van der Waals surface area contributed by atoms with E-state index in [0.29, 0.717) is 30.1 Å². The van der Waals surface area contributed by atoms with E-state index < -0.39 is 17.4 Å². The van der Waals surface area contributed by atoms with Crippen molar-refractivity contribution >= 4 is 11.6 Å². The van der Waals surface area contributed by atoms with Gasteiger partial charge in [0, 0.05) is 23.7 Å². The van der Waals surface area contributed by atoms with E-state index in [0.717, 1.165) is 16.8 Å². The molecule has 3 aromatic carbocycles. The number of carbonyl (C=O) groups is 1. The Hall–Kier alpha value is -3.68. The highest BCUT2D eigenvalue weighted by molar-refractivity contribution is 6.11. The monoisotopic (exact) mass is 497 g/mol. The highest BCUT2D eigenvalue weighted by Gasteiger charge is 2.58. The summed E-state index contributed by atoms with van der Waals surface area (Å²) < 4.78 is 54.3. The normalized spacial score (nSPS) is 20.1. The van der Waals surface area contributed by atoms with E-state index in [1.807, 2.05) is 63.2 Å². The second kappa shape index (κ2) is 8.47. The summed E-state index contributed by atoms with van der Waals surface area (Å²) in [7, 11) is 0. The third-order valence-electron chi connectivity index (χ3n) is 6.54. The van der Waals surface area contributed by atoms with Crippen LogP contribution < -0.4 is 19.1 Å². The predicted molar refractivity (Wildman–Crippen MR) is 128 cm³/mol. The lowest BCUT2D eigenvalue weighted by Crippen LogP contribution is -2.50. The number of alkyl halides is 3. The average molecular weight is 498 g/mol. The van der Waals surface area contributed by atoms with E-state index in [-0.39, 0.29) is 18.2 Å². The highest BCUT2D eigenvalue weighted by atomic mass is 19.4. The van der Waals surface area contributed by atoms with Crippen molar-refractivity contribution in [3.8, 4) is 17.2 Å². The van der Waals surface area contributed by atoms with Gasteiger partial charge in [0.15, 0.2) is 0 Å². The first-order chi connectivity index (χ1) is 17.0. The number of hydrogen-bond donors (Lipinski definition) is 0. The Kier molecular flexibility index (Phi) is 5.65. The van der Waals surface area contributed by atoms with Gasteiger partial charge >= 0.3 is 6.36 Å². The van der Waals surface area contributed by atoms with Gasteiger partial charge in [-0.1, -0.05) is 36.4 Å². The van der Waals surface area contributed by atoms with Crippen molar-refractivity contribution < 1.29 is 32.2 Å². The fourth-order valence-electron chi connectivity index (χ4n) is 5.40. The van der Waals surface area contributed by atoms with Crippen LogP contribution in [0.4, 0.5) is 18.9 Å². The zero-order valence-corrected chi connectivity index (χ0v) is 20.2. The molecule has 1 spiro atoms. The van der Waals surface area contributed by atoms with Crippen LogP contribution in [0.3, 0.4) is 0 Å². The molecule has 36 heavy (non-hydrogen) atoms. The summed E-state index contributed by atoms with van der Waals surface area (Å²) in [5.41, 5.74) is 1.19. The Bertz CT molecular complexity index is 1320. The van der Waals surface area contributed by atoms with Gasteiger partial charge in [0.1, 0.15) is 28.3 Å². The number of nitrogens with zero attached hydrogens (tertiary/aromatic N) is 1. The van der Waals surface area contributed by atoms with Crippen LogP contribution in [0.15, 0.2) is 66.7 Å². The number of amides is 1. The van der Waals surface area contributed by atoms with Crippen molar-refractivity contribution in [1.82, 2.24) is 0 Å². The molecule has 3 aromatic rings. The topological polar surface area (TPSA) is 48.0 Å². The average Bonchev–Trinajstić information content (AvgIpc) is 3.01. The van der Waals surface area contributed by atoms with Gasteiger partial charge in [-0.25, -0.2) is 0 Å². The number of rotatable bonds is 5. The van der Waals surface area contributed by atoms with Crippen molar-refractivity contribution in [2.45, 2.75) is 51.1 Å². The van der Waals surface area contributed by atoms with E-state index in [1.54, 1.807) is 11.0 Å². The third-order valence-corrected chi connectivity index (χ3v) is 6.54. The van der Waals surface area contributed by atoms with Gasteiger partial charge in [0.05, 0.1) is 13.2 Å². The Balaban J connectivity index is 1.60. The van der Waals surface area contributed by atoms with Gasteiger partial charge in [-0.15, -0.1) is 13.2 Å². The lowest BCUT2D eigenvalue weighted by atomic mass is 9.67. The summed E-state index contributed by atoms with van der Waals surface area (Å²) in [4.78, 5) is 16.0. The van der Waals surface area contributed by atoms with Gasteiger partial charge in [-0.05, 0) is 56.2 Å². The van der Waals surface area contributed by atoms with E-state index in [4.69, 9.17) is 9.47 Å². The van der Waals surface area contributed by atoms with Crippen LogP contribution >= 0.6 is 0 Å². The molecule has 2 aliphatic heterocycles. The van der Waals surface area contributed by atoms with Crippen LogP contribution in [0.25, 0.3) is 0 Å². The SMILES string of the molecule is CCOc1ccc2c(c1)OC(C)(C)C[C@]21C(=O)N(Cc2cccc(OC(F)(F)F)c2)c2ccccc21.